The summed E-state index contributed by atoms with van der Waals surface area (Å²) in [6, 6.07) is 4.73. The highest BCUT2D eigenvalue weighted by Crippen LogP contribution is 2.28. The smallest absolute Gasteiger partial charge is 0.244 e. The Balaban J connectivity index is 2.02. The van der Waals surface area contributed by atoms with Crippen LogP contribution in [0.4, 0.5) is 0 Å². The number of hydrogen-bond donors (Lipinski definition) is 1. The molecular formula is C14H19BrClN3O3S. The van der Waals surface area contributed by atoms with Crippen LogP contribution in [0.25, 0.3) is 0 Å². The summed E-state index contributed by atoms with van der Waals surface area (Å²) in [5, 5.41) is 2.94. The third-order valence-electron chi connectivity index (χ3n) is 3.58. The molecule has 0 radical (unpaired) electrons. The maximum atomic E-state index is 12.7. The normalized spacial score (nSPS) is 17.2. The molecule has 1 aromatic carbocycles. The molecule has 1 amide bonds. The molecule has 128 valence electrons. The lowest BCUT2D eigenvalue weighted by atomic mass is 10.3. The zero-order chi connectivity index (χ0) is 17.0. The Morgan fingerprint density at radius 1 is 1.30 bits per heavy atom. The van der Waals surface area contributed by atoms with Gasteiger partial charge in [0.1, 0.15) is 4.90 Å². The van der Waals surface area contributed by atoms with Gasteiger partial charge in [0, 0.05) is 37.2 Å². The van der Waals surface area contributed by atoms with E-state index in [1.165, 1.54) is 10.4 Å². The van der Waals surface area contributed by atoms with E-state index in [9.17, 15) is 13.2 Å². The monoisotopic (exact) mass is 423 g/mol. The van der Waals surface area contributed by atoms with Gasteiger partial charge in [-0.2, -0.15) is 4.31 Å². The molecular weight excluding hydrogens is 406 g/mol. The van der Waals surface area contributed by atoms with Crippen LogP contribution in [0.1, 0.15) is 6.92 Å². The number of amides is 1. The average Bonchev–Trinajstić information content (AvgIpc) is 2.47. The van der Waals surface area contributed by atoms with E-state index in [0.717, 1.165) is 4.47 Å². The van der Waals surface area contributed by atoms with E-state index in [-0.39, 0.29) is 15.8 Å². The number of benzene rings is 1. The summed E-state index contributed by atoms with van der Waals surface area (Å²) >= 11 is 9.33. The third-order valence-corrected chi connectivity index (χ3v) is 6.46. The van der Waals surface area contributed by atoms with Crippen molar-refractivity contribution in [2.75, 3.05) is 39.3 Å². The summed E-state index contributed by atoms with van der Waals surface area (Å²) in [6.45, 7) is 4.47. The quantitative estimate of drug-likeness (QED) is 0.778. The van der Waals surface area contributed by atoms with Crippen molar-refractivity contribution in [1.82, 2.24) is 14.5 Å². The van der Waals surface area contributed by atoms with Gasteiger partial charge in [0.15, 0.2) is 0 Å². The third kappa shape index (κ3) is 4.67. The van der Waals surface area contributed by atoms with E-state index in [2.05, 4.69) is 21.2 Å². The van der Waals surface area contributed by atoms with Gasteiger partial charge in [-0.3, -0.25) is 9.69 Å². The molecule has 1 heterocycles. The topological polar surface area (TPSA) is 69.7 Å². The van der Waals surface area contributed by atoms with Crippen LogP contribution in [-0.2, 0) is 14.8 Å². The Morgan fingerprint density at radius 2 is 1.96 bits per heavy atom. The maximum Gasteiger partial charge on any atom is 0.244 e. The van der Waals surface area contributed by atoms with Gasteiger partial charge in [-0.05, 0) is 25.1 Å². The molecule has 1 aliphatic heterocycles. The van der Waals surface area contributed by atoms with E-state index in [1.807, 2.05) is 11.8 Å². The molecule has 0 aromatic heterocycles. The molecule has 1 saturated heterocycles. The van der Waals surface area contributed by atoms with Crippen LogP contribution in [0, 0.1) is 0 Å². The molecule has 0 atom stereocenters. The fourth-order valence-corrected chi connectivity index (χ4v) is 4.84. The molecule has 0 aliphatic carbocycles. The van der Waals surface area contributed by atoms with E-state index >= 15 is 0 Å². The van der Waals surface area contributed by atoms with Crippen molar-refractivity contribution in [2.45, 2.75) is 11.8 Å². The summed E-state index contributed by atoms with van der Waals surface area (Å²) in [6.07, 6.45) is 0. The van der Waals surface area contributed by atoms with E-state index in [0.29, 0.717) is 39.3 Å². The molecule has 9 heteroatoms. The Kier molecular flexibility index (Phi) is 6.44. The number of nitrogens with zero attached hydrogens (tertiary/aromatic N) is 2. The van der Waals surface area contributed by atoms with Gasteiger partial charge in [-0.15, -0.1) is 0 Å². The summed E-state index contributed by atoms with van der Waals surface area (Å²) in [7, 11) is -3.62. The van der Waals surface area contributed by atoms with Crippen LogP contribution in [0.15, 0.2) is 27.6 Å². The summed E-state index contributed by atoms with van der Waals surface area (Å²) < 4.78 is 27.5. The Bertz CT molecular complexity index is 676. The first-order valence-electron chi connectivity index (χ1n) is 7.29. The number of piperazine rings is 1. The van der Waals surface area contributed by atoms with Gasteiger partial charge in [0.2, 0.25) is 15.9 Å². The first-order valence-corrected chi connectivity index (χ1v) is 9.90. The molecule has 0 saturated carbocycles. The van der Waals surface area contributed by atoms with Crippen LogP contribution in [0.2, 0.25) is 5.02 Å². The molecule has 1 N–H and O–H groups in total. The predicted octanol–water partition coefficient (Wildman–Crippen LogP) is 1.54. The van der Waals surface area contributed by atoms with Crippen molar-refractivity contribution in [2.24, 2.45) is 0 Å². The van der Waals surface area contributed by atoms with Gasteiger partial charge >= 0.3 is 0 Å². The minimum Gasteiger partial charge on any atom is -0.355 e. The predicted molar refractivity (Wildman–Crippen MR) is 93.0 cm³/mol. The van der Waals surface area contributed by atoms with E-state index in [1.54, 1.807) is 12.1 Å². The van der Waals surface area contributed by atoms with Crippen molar-refractivity contribution in [1.29, 1.82) is 0 Å². The molecule has 23 heavy (non-hydrogen) atoms. The summed E-state index contributed by atoms with van der Waals surface area (Å²) in [5.74, 6) is -0.0419. The number of nitrogens with one attached hydrogen (secondary N) is 1. The fraction of sp³-hybridized carbons (Fsp3) is 0.500. The molecule has 0 spiro atoms. The standard InChI is InChI=1S/C14H19BrClN3O3S/c1-2-17-14(20)10-18-5-7-19(8-6-18)23(21,22)13-4-3-11(15)9-12(13)16/h3-4,9H,2,5-8,10H2,1H3,(H,17,20). The lowest BCUT2D eigenvalue weighted by Crippen LogP contribution is -2.51. The number of carbonyl (C=O) groups excluding carboxylic acids is 1. The molecule has 2 rings (SSSR count). The number of halogens is 2. The zero-order valence-electron chi connectivity index (χ0n) is 12.8. The van der Waals surface area contributed by atoms with Crippen molar-refractivity contribution in [3.8, 4) is 0 Å². The SMILES string of the molecule is CCNC(=O)CN1CCN(S(=O)(=O)c2ccc(Br)cc2Cl)CC1. The second-order valence-electron chi connectivity index (χ2n) is 5.21. The van der Waals surface area contributed by atoms with Crippen LogP contribution < -0.4 is 5.32 Å². The number of rotatable bonds is 5. The fourth-order valence-electron chi connectivity index (χ4n) is 2.41. The van der Waals surface area contributed by atoms with Crippen molar-refractivity contribution in [3.63, 3.8) is 0 Å². The number of sulfonamides is 1. The van der Waals surface area contributed by atoms with Gasteiger partial charge in [-0.25, -0.2) is 8.42 Å². The average molecular weight is 425 g/mol. The maximum absolute atomic E-state index is 12.7. The van der Waals surface area contributed by atoms with Crippen LogP contribution in [-0.4, -0.2) is 62.8 Å². The Labute approximate surface area is 150 Å². The lowest BCUT2D eigenvalue weighted by molar-refractivity contribution is -0.122. The molecule has 1 fully saturated rings. The highest BCUT2D eigenvalue weighted by molar-refractivity contribution is 9.10. The van der Waals surface area contributed by atoms with E-state index < -0.39 is 10.0 Å². The first-order chi connectivity index (χ1) is 10.8. The largest absolute Gasteiger partial charge is 0.355 e. The van der Waals surface area contributed by atoms with Gasteiger partial charge < -0.3 is 5.32 Å². The zero-order valence-corrected chi connectivity index (χ0v) is 15.9. The highest BCUT2D eigenvalue weighted by atomic mass is 79.9. The van der Waals surface area contributed by atoms with Crippen molar-refractivity contribution < 1.29 is 13.2 Å². The second-order valence-corrected chi connectivity index (χ2v) is 8.44. The minimum atomic E-state index is -3.62. The molecule has 0 bridgehead atoms. The number of hydrogen-bond acceptors (Lipinski definition) is 4. The highest BCUT2D eigenvalue weighted by Gasteiger charge is 2.30. The molecule has 0 unspecified atom stereocenters. The second kappa shape index (κ2) is 7.94. The van der Waals surface area contributed by atoms with Crippen molar-refractivity contribution in [3.05, 3.63) is 27.7 Å². The molecule has 6 nitrogen and oxygen atoms in total. The van der Waals surface area contributed by atoms with Crippen LogP contribution in [0.5, 0.6) is 0 Å². The molecule has 1 aliphatic rings. The van der Waals surface area contributed by atoms with Gasteiger partial charge in [0.25, 0.3) is 0 Å². The van der Waals surface area contributed by atoms with Gasteiger partial charge in [-0.1, -0.05) is 27.5 Å². The first kappa shape index (κ1) is 18.7. The molecule has 1 aromatic rings. The van der Waals surface area contributed by atoms with E-state index in [4.69, 9.17) is 11.6 Å². The van der Waals surface area contributed by atoms with Crippen molar-refractivity contribution >= 4 is 43.5 Å². The lowest BCUT2D eigenvalue weighted by Gasteiger charge is -2.33. The van der Waals surface area contributed by atoms with Gasteiger partial charge in [0.05, 0.1) is 11.6 Å². The Hall–Kier alpha value is -0.670. The number of carbonyl (C=O) groups is 1. The van der Waals surface area contributed by atoms with Crippen LogP contribution in [0.3, 0.4) is 0 Å². The summed E-state index contributed by atoms with van der Waals surface area (Å²) in [5.41, 5.74) is 0. The summed E-state index contributed by atoms with van der Waals surface area (Å²) in [4.78, 5) is 13.6. The number of likely N-dealkylation sites (N-methyl/N-ethyl adjacent to an activating group) is 1. The minimum absolute atomic E-state index is 0.0419. The Morgan fingerprint density at radius 3 is 2.52 bits per heavy atom. The van der Waals surface area contributed by atoms with Crippen LogP contribution >= 0.6 is 27.5 Å².